The Bertz CT molecular complexity index is 337. The number of amides is 3. The zero-order chi connectivity index (χ0) is 15.2. The Morgan fingerprint density at radius 1 is 1.30 bits per heavy atom. The van der Waals surface area contributed by atoms with Gasteiger partial charge >= 0.3 is 6.03 Å². The van der Waals surface area contributed by atoms with Gasteiger partial charge in [-0.25, -0.2) is 4.79 Å². The lowest BCUT2D eigenvalue weighted by atomic mass is 9.98. The van der Waals surface area contributed by atoms with Gasteiger partial charge in [0.05, 0.1) is 6.54 Å². The number of imide groups is 1. The highest BCUT2D eigenvalue weighted by atomic mass is 16.2. The first-order valence-corrected chi connectivity index (χ1v) is 7.29. The number of rotatable bonds is 4. The lowest BCUT2D eigenvalue weighted by Crippen LogP contribution is -2.51. The third-order valence-electron chi connectivity index (χ3n) is 3.20. The minimum absolute atomic E-state index is 0.239. The normalized spacial score (nSPS) is 20.5. The summed E-state index contributed by atoms with van der Waals surface area (Å²) >= 11 is 0. The van der Waals surface area contributed by atoms with Crippen molar-refractivity contribution in [2.75, 3.05) is 33.2 Å². The van der Waals surface area contributed by atoms with Gasteiger partial charge in [-0.3, -0.25) is 15.0 Å². The molecule has 0 radical (unpaired) electrons. The average Bonchev–Trinajstić information content (AvgIpc) is 2.26. The molecule has 1 rings (SSSR count). The van der Waals surface area contributed by atoms with Gasteiger partial charge in [0, 0.05) is 12.1 Å². The Kier molecular flexibility index (Phi) is 6.42. The molecule has 1 heterocycles. The van der Waals surface area contributed by atoms with E-state index in [2.05, 4.69) is 20.9 Å². The summed E-state index contributed by atoms with van der Waals surface area (Å²) in [4.78, 5) is 25.6. The fourth-order valence-corrected chi connectivity index (χ4v) is 2.49. The van der Waals surface area contributed by atoms with Crippen molar-refractivity contribution in [1.29, 1.82) is 0 Å². The molecule has 6 heteroatoms. The van der Waals surface area contributed by atoms with E-state index >= 15 is 0 Å². The van der Waals surface area contributed by atoms with Gasteiger partial charge in [0.1, 0.15) is 0 Å². The van der Waals surface area contributed by atoms with E-state index in [4.69, 9.17) is 0 Å². The van der Waals surface area contributed by atoms with Crippen molar-refractivity contribution < 1.29 is 9.59 Å². The van der Waals surface area contributed by atoms with Gasteiger partial charge in [-0.2, -0.15) is 0 Å². The summed E-state index contributed by atoms with van der Waals surface area (Å²) in [6.45, 7) is 8.74. The number of hydrogen-bond acceptors (Lipinski definition) is 4. The Labute approximate surface area is 121 Å². The minimum Gasteiger partial charge on any atom is -0.333 e. The number of carbonyl (C=O) groups excluding carboxylic acids is 2. The Balaban J connectivity index is 2.33. The predicted octanol–water partition coefficient (Wildman–Crippen LogP) is 0.542. The fraction of sp³-hybridized carbons (Fsp3) is 0.857. The minimum atomic E-state index is -0.425. The van der Waals surface area contributed by atoms with Crippen LogP contribution in [0.5, 0.6) is 0 Å². The van der Waals surface area contributed by atoms with Gasteiger partial charge < -0.3 is 10.6 Å². The SMILES string of the molecule is CNCC1CCCN(CC(=O)NC(=O)NC(C)(C)C)C1. The highest BCUT2D eigenvalue weighted by molar-refractivity contribution is 5.95. The van der Waals surface area contributed by atoms with Gasteiger partial charge in [-0.15, -0.1) is 0 Å². The predicted molar refractivity (Wildman–Crippen MR) is 79.5 cm³/mol. The molecular weight excluding hydrogens is 256 g/mol. The molecule has 0 saturated carbocycles. The summed E-state index contributed by atoms with van der Waals surface area (Å²) in [5.41, 5.74) is -0.340. The van der Waals surface area contributed by atoms with Crippen molar-refractivity contribution in [1.82, 2.24) is 20.9 Å². The lowest BCUT2D eigenvalue weighted by molar-refractivity contribution is -0.121. The first-order chi connectivity index (χ1) is 9.30. The molecule has 1 unspecified atom stereocenters. The van der Waals surface area contributed by atoms with Crippen LogP contribution in [0.25, 0.3) is 0 Å². The number of likely N-dealkylation sites (tertiary alicyclic amines) is 1. The summed E-state index contributed by atoms with van der Waals surface area (Å²) in [5, 5.41) is 8.28. The second kappa shape index (κ2) is 7.59. The van der Waals surface area contributed by atoms with E-state index in [0.29, 0.717) is 5.92 Å². The number of urea groups is 1. The van der Waals surface area contributed by atoms with Crippen LogP contribution in [0.15, 0.2) is 0 Å². The summed E-state index contributed by atoms with van der Waals surface area (Å²) in [5.74, 6) is 0.349. The van der Waals surface area contributed by atoms with E-state index in [-0.39, 0.29) is 18.0 Å². The molecule has 1 saturated heterocycles. The highest BCUT2D eigenvalue weighted by Crippen LogP contribution is 2.15. The van der Waals surface area contributed by atoms with E-state index in [1.165, 1.54) is 6.42 Å². The number of carbonyl (C=O) groups is 2. The number of nitrogens with one attached hydrogen (secondary N) is 3. The fourth-order valence-electron chi connectivity index (χ4n) is 2.49. The van der Waals surface area contributed by atoms with Gasteiger partial charge in [-0.05, 0) is 59.7 Å². The van der Waals surface area contributed by atoms with Crippen molar-refractivity contribution in [3.05, 3.63) is 0 Å². The quantitative estimate of drug-likeness (QED) is 0.704. The number of piperidine rings is 1. The largest absolute Gasteiger partial charge is 0.333 e. The first kappa shape index (κ1) is 16.9. The zero-order valence-corrected chi connectivity index (χ0v) is 13.1. The van der Waals surface area contributed by atoms with E-state index in [1.54, 1.807) is 0 Å². The third-order valence-corrected chi connectivity index (χ3v) is 3.20. The molecular formula is C14H28N4O2. The lowest BCUT2D eigenvalue weighted by Gasteiger charge is -2.32. The summed E-state index contributed by atoms with van der Waals surface area (Å²) in [6.07, 6.45) is 2.30. The van der Waals surface area contributed by atoms with Gasteiger partial charge in [-0.1, -0.05) is 0 Å². The van der Waals surface area contributed by atoms with Crippen LogP contribution in [-0.4, -0.2) is 55.6 Å². The zero-order valence-electron chi connectivity index (χ0n) is 13.1. The van der Waals surface area contributed by atoms with Crippen LogP contribution in [0, 0.1) is 5.92 Å². The van der Waals surface area contributed by atoms with Crippen LogP contribution in [0.3, 0.4) is 0 Å². The third kappa shape index (κ3) is 6.86. The van der Waals surface area contributed by atoms with E-state index in [9.17, 15) is 9.59 Å². The molecule has 0 bridgehead atoms. The molecule has 0 aromatic carbocycles. The molecule has 0 aromatic heterocycles. The Morgan fingerprint density at radius 3 is 2.60 bits per heavy atom. The second-order valence-electron chi connectivity index (χ2n) is 6.55. The van der Waals surface area contributed by atoms with Crippen LogP contribution in [0.1, 0.15) is 33.6 Å². The molecule has 116 valence electrons. The summed E-state index contributed by atoms with van der Waals surface area (Å²) in [7, 11) is 1.95. The Hall–Kier alpha value is -1.14. The average molecular weight is 284 g/mol. The van der Waals surface area contributed by atoms with Crippen molar-refractivity contribution in [2.24, 2.45) is 5.92 Å². The number of nitrogens with zero attached hydrogens (tertiary/aromatic N) is 1. The number of hydrogen-bond donors (Lipinski definition) is 3. The van der Waals surface area contributed by atoms with Crippen molar-refractivity contribution in [2.45, 2.75) is 39.2 Å². The van der Waals surface area contributed by atoms with Crippen molar-refractivity contribution in [3.8, 4) is 0 Å². The topological polar surface area (TPSA) is 73.5 Å². The molecule has 0 spiro atoms. The Morgan fingerprint density at radius 2 is 2.00 bits per heavy atom. The van der Waals surface area contributed by atoms with Crippen LogP contribution < -0.4 is 16.0 Å². The molecule has 6 nitrogen and oxygen atoms in total. The van der Waals surface area contributed by atoms with E-state index < -0.39 is 6.03 Å². The second-order valence-corrected chi connectivity index (χ2v) is 6.55. The van der Waals surface area contributed by atoms with Crippen LogP contribution >= 0.6 is 0 Å². The highest BCUT2D eigenvalue weighted by Gasteiger charge is 2.22. The molecule has 1 fully saturated rings. The first-order valence-electron chi connectivity index (χ1n) is 7.29. The van der Waals surface area contributed by atoms with Crippen molar-refractivity contribution in [3.63, 3.8) is 0 Å². The maximum absolute atomic E-state index is 11.8. The van der Waals surface area contributed by atoms with Crippen LogP contribution in [-0.2, 0) is 4.79 Å². The van der Waals surface area contributed by atoms with Crippen LogP contribution in [0.2, 0.25) is 0 Å². The molecule has 3 N–H and O–H groups in total. The van der Waals surface area contributed by atoms with Gasteiger partial charge in [0.25, 0.3) is 0 Å². The monoisotopic (exact) mass is 284 g/mol. The molecule has 3 amide bonds. The molecule has 1 atom stereocenters. The van der Waals surface area contributed by atoms with E-state index in [1.807, 2.05) is 27.8 Å². The van der Waals surface area contributed by atoms with Gasteiger partial charge in [0.15, 0.2) is 0 Å². The summed E-state index contributed by atoms with van der Waals surface area (Å²) in [6, 6.07) is -0.425. The van der Waals surface area contributed by atoms with Gasteiger partial charge in [0.2, 0.25) is 5.91 Å². The smallest absolute Gasteiger partial charge is 0.321 e. The molecule has 0 aliphatic carbocycles. The van der Waals surface area contributed by atoms with Crippen molar-refractivity contribution >= 4 is 11.9 Å². The maximum Gasteiger partial charge on any atom is 0.321 e. The standard InChI is InChI=1S/C14H28N4O2/c1-14(2,3)17-13(20)16-12(19)10-18-7-5-6-11(9-18)8-15-4/h11,15H,5-10H2,1-4H3,(H2,16,17,19,20). The molecule has 0 aromatic rings. The molecule has 1 aliphatic rings. The van der Waals surface area contributed by atoms with Crippen LogP contribution in [0.4, 0.5) is 4.79 Å². The molecule has 1 aliphatic heterocycles. The maximum atomic E-state index is 11.8. The molecule has 20 heavy (non-hydrogen) atoms. The summed E-state index contributed by atoms with van der Waals surface area (Å²) < 4.78 is 0. The van der Waals surface area contributed by atoms with E-state index in [0.717, 1.165) is 26.1 Å².